The largest absolute Gasteiger partial charge is 0.465 e. The Labute approximate surface area is 186 Å². The summed E-state index contributed by atoms with van der Waals surface area (Å²) in [6.45, 7) is 14.9. The number of rotatable bonds is 9. The first-order chi connectivity index (χ1) is 14.0. The molecule has 0 spiro atoms. The van der Waals surface area contributed by atoms with Gasteiger partial charge in [-0.1, -0.05) is 20.8 Å². The van der Waals surface area contributed by atoms with Crippen LogP contribution in [0.15, 0.2) is 0 Å². The first-order valence-corrected chi connectivity index (χ1v) is 12.2. The van der Waals surface area contributed by atoms with Gasteiger partial charge in [0, 0.05) is 18.3 Å². The zero-order valence-corrected chi connectivity index (χ0v) is 20.7. The van der Waals surface area contributed by atoms with Crippen molar-refractivity contribution in [2.45, 2.75) is 96.6 Å². The summed E-state index contributed by atoms with van der Waals surface area (Å²) in [7, 11) is 1.97. The van der Waals surface area contributed by atoms with Crippen molar-refractivity contribution >= 4 is 23.8 Å². The van der Waals surface area contributed by atoms with Crippen LogP contribution in [0.1, 0.15) is 61.3 Å². The molecule has 5 atom stereocenters. The molecule has 0 aromatic carbocycles. The summed E-state index contributed by atoms with van der Waals surface area (Å²) in [5, 5.41) is 0.137. The maximum Gasteiger partial charge on any atom is 0.410 e. The molecule has 0 aromatic rings. The van der Waals surface area contributed by atoms with Gasteiger partial charge >= 0.3 is 12.1 Å². The molecule has 174 valence electrons. The lowest BCUT2D eigenvalue weighted by Gasteiger charge is -2.35. The minimum atomic E-state index is -0.519. The maximum atomic E-state index is 12.9. The van der Waals surface area contributed by atoms with Crippen LogP contribution in [0.25, 0.3) is 0 Å². The molecule has 0 bridgehead atoms. The number of likely N-dealkylation sites (N-methyl/N-ethyl adjacent to an activating group) is 1. The summed E-state index contributed by atoms with van der Waals surface area (Å²) < 4.78 is 16.9. The average Bonchev–Trinajstić information content (AvgIpc) is 3.28. The highest BCUT2D eigenvalue weighted by Gasteiger charge is 2.53. The molecule has 1 amide bonds. The van der Waals surface area contributed by atoms with Crippen molar-refractivity contribution in [1.82, 2.24) is 9.80 Å². The third-order valence-electron chi connectivity index (χ3n) is 5.52. The summed E-state index contributed by atoms with van der Waals surface area (Å²) in [5.74, 6) is 0.849. The van der Waals surface area contributed by atoms with E-state index in [4.69, 9.17) is 14.2 Å². The number of hydrogen-bond acceptors (Lipinski definition) is 7. The van der Waals surface area contributed by atoms with E-state index < -0.39 is 5.60 Å². The van der Waals surface area contributed by atoms with Crippen LogP contribution < -0.4 is 0 Å². The Hall–Kier alpha value is -0.990. The number of carbonyl (C=O) groups is 2. The second kappa shape index (κ2) is 10.6. The minimum absolute atomic E-state index is 0.0485. The molecule has 0 N–H and O–H groups in total. The molecule has 8 heteroatoms. The third kappa shape index (κ3) is 6.50. The van der Waals surface area contributed by atoms with E-state index in [2.05, 4.69) is 25.7 Å². The van der Waals surface area contributed by atoms with Crippen LogP contribution in [-0.4, -0.2) is 83.1 Å². The summed E-state index contributed by atoms with van der Waals surface area (Å²) in [5.41, 5.74) is -0.519. The summed E-state index contributed by atoms with van der Waals surface area (Å²) in [4.78, 5) is 29.0. The lowest BCUT2D eigenvalue weighted by atomic mass is 9.96. The van der Waals surface area contributed by atoms with Crippen LogP contribution >= 0.6 is 11.8 Å². The number of esters is 1. The zero-order valence-electron chi connectivity index (χ0n) is 19.8. The average molecular weight is 445 g/mol. The number of ether oxygens (including phenoxy) is 3. The highest BCUT2D eigenvalue weighted by atomic mass is 32.2. The van der Waals surface area contributed by atoms with Crippen molar-refractivity contribution in [2.24, 2.45) is 5.92 Å². The van der Waals surface area contributed by atoms with Crippen LogP contribution in [0, 0.1) is 5.92 Å². The molecular weight excluding hydrogens is 404 g/mol. The van der Waals surface area contributed by atoms with Crippen molar-refractivity contribution in [3.05, 3.63) is 0 Å². The SMILES string of the molecule is CCCN(C(=O)OC(C)(C)C)C(CC1OC1C1SCC(C(=O)OCC)N1C)C(C)C. The fraction of sp³-hybridized carbons (Fsp3) is 0.909. The molecule has 2 fully saturated rings. The van der Waals surface area contributed by atoms with Gasteiger partial charge in [0.15, 0.2) is 0 Å². The monoisotopic (exact) mass is 444 g/mol. The van der Waals surface area contributed by atoms with Crippen LogP contribution in [-0.2, 0) is 19.0 Å². The van der Waals surface area contributed by atoms with Crippen LogP contribution in [0.2, 0.25) is 0 Å². The Kier molecular flexibility index (Phi) is 8.89. The predicted octanol–water partition coefficient (Wildman–Crippen LogP) is 3.75. The topological polar surface area (TPSA) is 71.6 Å². The fourth-order valence-electron chi connectivity index (χ4n) is 3.95. The number of hydrogen-bond donors (Lipinski definition) is 0. The van der Waals surface area contributed by atoms with Gasteiger partial charge in [0.2, 0.25) is 0 Å². The van der Waals surface area contributed by atoms with Crippen molar-refractivity contribution in [3.63, 3.8) is 0 Å². The van der Waals surface area contributed by atoms with E-state index in [0.717, 1.165) is 18.6 Å². The van der Waals surface area contributed by atoms with Crippen molar-refractivity contribution in [3.8, 4) is 0 Å². The second-order valence-electron chi connectivity index (χ2n) is 9.52. The molecule has 0 aromatic heterocycles. The molecule has 2 aliphatic heterocycles. The Balaban J connectivity index is 2.01. The van der Waals surface area contributed by atoms with Gasteiger partial charge in [-0.3, -0.25) is 9.69 Å². The highest BCUT2D eigenvalue weighted by molar-refractivity contribution is 8.00. The van der Waals surface area contributed by atoms with Crippen LogP contribution in [0.4, 0.5) is 4.79 Å². The van der Waals surface area contributed by atoms with Gasteiger partial charge in [-0.05, 0) is 53.5 Å². The van der Waals surface area contributed by atoms with Crippen LogP contribution in [0.5, 0.6) is 0 Å². The number of epoxide rings is 1. The predicted molar refractivity (Wildman–Crippen MR) is 120 cm³/mol. The molecule has 7 nitrogen and oxygen atoms in total. The van der Waals surface area contributed by atoms with E-state index in [0.29, 0.717) is 13.2 Å². The lowest BCUT2D eigenvalue weighted by Crippen LogP contribution is -2.47. The molecule has 2 saturated heterocycles. The number of carbonyl (C=O) groups excluding carboxylic acids is 2. The Morgan fingerprint density at radius 1 is 1.27 bits per heavy atom. The smallest absolute Gasteiger partial charge is 0.410 e. The van der Waals surface area contributed by atoms with Crippen molar-refractivity contribution < 1.29 is 23.8 Å². The molecule has 5 unspecified atom stereocenters. The van der Waals surface area contributed by atoms with Gasteiger partial charge in [-0.25, -0.2) is 4.79 Å². The molecule has 0 aliphatic carbocycles. The molecular formula is C22H40N2O5S. The van der Waals surface area contributed by atoms with E-state index in [1.54, 1.807) is 11.8 Å². The standard InChI is InChI=1S/C22H40N2O5S/c1-9-11-24(21(26)29-22(5,6)7)15(14(3)4)12-17-18(28-17)19-23(8)16(13-30-19)20(25)27-10-2/h14-19H,9-13H2,1-8H3. The van der Waals surface area contributed by atoms with E-state index in [9.17, 15) is 9.59 Å². The van der Waals surface area contributed by atoms with E-state index >= 15 is 0 Å². The van der Waals surface area contributed by atoms with Crippen LogP contribution in [0.3, 0.4) is 0 Å². The normalized spacial score (nSPS) is 27.8. The van der Waals surface area contributed by atoms with Gasteiger partial charge in [0.1, 0.15) is 17.7 Å². The summed E-state index contributed by atoms with van der Waals surface area (Å²) in [6, 6.07) is -0.170. The molecule has 2 aliphatic rings. The first kappa shape index (κ1) is 25.3. The molecule has 2 heterocycles. The van der Waals surface area contributed by atoms with E-state index in [-0.39, 0.29) is 47.6 Å². The summed E-state index contributed by atoms with van der Waals surface area (Å²) >= 11 is 1.75. The molecule has 0 radical (unpaired) electrons. The number of amides is 1. The number of nitrogens with zero attached hydrogens (tertiary/aromatic N) is 2. The quantitative estimate of drug-likeness (QED) is 0.396. The van der Waals surface area contributed by atoms with Crippen molar-refractivity contribution in [2.75, 3.05) is 26.0 Å². The van der Waals surface area contributed by atoms with Gasteiger partial charge in [0.05, 0.1) is 18.1 Å². The van der Waals surface area contributed by atoms with E-state index in [1.165, 1.54) is 0 Å². The molecule has 30 heavy (non-hydrogen) atoms. The fourth-order valence-corrected chi connectivity index (χ4v) is 5.51. The lowest BCUT2D eigenvalue weighted by molar-refractivity contribution is -0.148. The van der Waals surface area contributed by atoms with Gasteiger partial charge in [-0.2, -0.15) is 0 Å². The highest BCUT2D eigenvalue weighted by Crippen LogP contribution is 2.42. The van der Waals surface area contributed by atoms with Gasteiger partial charge in [0.25, 0.3) is 0 Å². The Bertz CT molecular complexity index is 595. The number of thioether (sulfide) groups is 1. The van der Waals surface area contributed by atoms with E-state index in [1.807, 2.05) is 39.6 Å². The minimum Gasteiger partial charge on any atom is -0.465 e. The molecule has 0 saturated carbocycles. The molecule has 2 rings (SSSR count). The Morgan fingerprint density at radius 2 is 1.93 bits per heavy atom. The summed E-state index contributed by atoms with van der Waals surface area (Å²) in [6.07, 6.45) is 1.55. The third-order valence-corrected chi connectivity index (χ3v) is 6.97. The second-order valence-corrected chi connectivity index (χ2v) is 10.7. The first-order valence-electron chi connectivity index (χ1n) is 11.1. The Morgan fingerprint density at radius 3 is 2.47 bits per heavy atom. The maximum absolute atomic E-state index is 12.9. The van der Waals surface area contributed by atoms with Gasteiger partial charge in [-0.15, -0.1) is 11.8 Å². The zero-order chi connectivity index (χ0) is 22.6. The van der Waals surface area contributed by atoms with Gasteiger partial charge < -0.3 is 19.1 Å². The van der Waals surface area contributed by atoms with Crippen molar-refractivity contribution in [1.29, 1.82) is 0 Å².